The molecule has 1 aliphatic carbocycles. The summed E-state index contributed by atoms with van der Waals surface area (Å²) in [5.41, 5.74) is 0.870. The molecule has 0 atom stereocenters. The fourth-order valence-corrected chi connectivity index (χ4v) is 5.70. The summed E-state index contributed by atoms with van der Waals surface area (Å²) in [5.74, 6) is 0.390. The first-order chi connectivity index (χ1) is 18.0. The monoisotopic (exact) mass is 540 g/mol. The van der Waals surface area contributed by atoms with E-state index in [-0.39, 0.29) is 34.3 Å². The standard InChI is InChI=1S/C27H32N4O6S/c1-18(2)31(26(32)20-11-9-19(3)10-12-20)25-24(37-27(33)34)17-30(28-25)22-15-13-21(14-16-22)29-38(35,36)23-7-5-4-6-8-23/h4-8,13-20,29H,9-12H2,1-3H3,(H,33,34). The molecule has 0 aliphatic heterocycles. The lowest BCUT2D eigenvalue weighted by Gasteiger charge is -2.32. The van der Waals surface area contributed by atoms with E-state index in [1.807, 2.05) is 13.8 Å². The van der Waals surface area contributed by atoms with Crippen LogP contribution in [-0.2, 0) is 14.8 Å². The summed E-state index contributed by atoms with van der Waals surface area (Å²) in [6, 6.07) is 14.2. The van der Waals surface area contributed by atoms with Gasteiger partial charge in [0.15, 0.2) is 5.75 Å². The number of rotatable bonds is 8. The van der Waals surface area contributed by atoms with Gasteiger partial charge in [-0.1, -0.05) is 25.1 Å². The van der Waals surface area contributed by atoms with Crippen LogP contribution in [0, 0.1) is 11.8 Å². The number of amides is 1. The van der Waals surface area contributed by atoms with Gasteiger partial charge in [0.25, 0.3) is 10.0 Å². The summed E-state index contributed by atoms with van der Waals surface area (Å²) < 4.78 is 34.2. The summed E-state index contributed by atoms with van der Waals surface area (Å²) >= 11 is 0. The first-order valence-electron chi connectivity index (χ1n) is 12.6. The number of nitrogens with one attached hydrogen (secondary N) is 1. The molecule has 0 spiro atoms. The number of carboxylic acid groups (broad SMARTS) is 1. The molecule has 0 bridgehead atoms. The predicted molar refractivity (Wildman–Crippen MR) is 143 cm³/mol. The lowest BCUT2D eigenvalue weighted by atomic mass is 9.82. The molecule has 4 rings (SSSR count). The number of anilines is 2. The van der Waals surface area contributed by atoms with Crippen molar-refractivity contribution in [3.63, 3.8) is 0 Å². The number of ether oxygens (including phenoxy) is 1. The Morgan fingerprint density at radius 2 is 1.68 bits per heavy atom. The normalized spacial score (nSPS) is 17.7. The molecule has 1 saturated carbocycles. The van der Waals surface area contributed by atoms with Crippen LogP contribution < -0.4 is 14.4 Å². The zero-order valence-electron chi connectivity index (χ0n) is 21.6. The molecule has 0 unspecified atom stereocenters. The fraction of sp³-hybridized carbons (Fsp3) is 0.370. The van der Waals surface area contributed by atoms with E-state index >= 15 is 0 Å². The van der Waals surface area contributed by atoms with Crippen molar-refractivity contribution >= 4 is 33.6 Å². The highest BCUT2D eigenvalue weighted by Crippen LogP contribution is 2.35. The van der Waals surface area contributed by atoms with Crippen LogP contribution in [0.15, 0.2) is 65.7 Å². The van der Waals surface area contributed by atoms with Gasteiger partial charge in [-0.3, -0.25) is 14.4 Å². The van der Waals surface area contributed by atoms with Gasteiger partial charge in [-0.15, -0.1) is 5.10 Å². The van der Waals surface area contributed by atoms with Crippen LogP contribution in [0.5, 0.6) is 5.75 Å². The van der Waals surface area contributed by atoms with Crippen molar-refractivity contribution in [2.45, 2.75) is 57.4 Å². The van der Waals surface area contributed by atoms with Crippen molar-refractivity contribution < 1.29 is 27.9 Å². The lowest BCUT2D eigenvalue weighted by Crippen LogP contribution is -2.42. The molecule has 1 heterocycles. The van der Waals surface area contributed by atoms with Crippen LogP contribution in [-0.4, -0.2) is 41.4 Å². The third-order valence-electron chi connectivity index (χ3n) is 6.64. The topological polar surface area (TPSA) is 131 Å². The summed E-state index contributed by atoms with van der Waals surface area (Å²) in [7, 11) is -3.75. The van der Waals surface area contributed by atoms with Crippen LogP contribution in [0.2, 0.25) is 0 Å². The van der Waals surface area contributed by atoms with Crippen molar-refractivity contribution in [1.29, 1.82) is 0 Å². The number of hydrogen-bond acceptors (Lipinski definition) is 6. The van der Waals surface area contributed by atoms with Crippen LogP contribution in [0.4, 0.5) is 16.3 Å². The quantitative estimate of drug-likeness (QED) is 0.371. The van der Waals surface area contributed by atoms with Crippen molar-refractivity contribution in [3.8, 4) is 11.4 Å². The molecular formula is C27H32N4O6S. The van der Waals surface area contributed by atoms with Crippen LogP contribution in [0.25, 0.3) is 5.69 Å². The van der Waals surface area contributed by atoms with Crippen molar-refractivity contribution in [3.05, 3.63) is 60.8 Å². The van der Waals surface area contributed by atoms with E-state index in [9.17, 15) is 23.1 Å². The molecule has 0 radical (unpaired) electrons. The van der Waals surface area contributed by atoms with Crippen LogP contribution >= 0.6 is 0 Å². The molecule has 2 N–H and O–H groups in total. The molecule has 3 aromatic rings. The molecule has 202 valence electrons. The van der Waals surface area contributed by atoms with Gasteiger partial charge in [-0.05, 0) is 81.8 Å². The zero-order chi connectivity index (χ0) is 27.4. The molecule has 10 nitrogen and oxygen atoms in total. The summed E-state index contributed by atoms with van der Waals surface area (Å²) in [5, 5.41) is 13.9. The predicted octanol–water partition coefficient (Wildman–Crippen LogP) is 5.30. The molecular weight excluding hydrogens is 508 g/mol. The zero-order valence-corrected chi connectivity index (χ0v) is 22.4. The molecule has 1 aromatic heterocycles. The molecule has 1 aliphatic rings. The maximum absolute atomic E-state index is 13.5. The minimum Gasteiger partial charge on any atom is -0.449 e. The van der Waals surface area contributed by atoms with Gasteiger partial charge in [0.05, 0.1) is 16.8 Å². The number of carbonyl (C=O) groups is 2. The van der Waals surface area contributed by atoms with Gasteiger partial charge in [0.2, 0.25) is 11.7 Å². The van der Waals surface area contributed by atoms with E-state index in [0.717, 1.165) is 25.7 Å². The average molecular weight is 541 g/mol. The van der Waals surface area contributed by atoms with Crippen LogP contribution in [0.1, 0.15) is 46.5 Å². The van der Waals surface area contributed by atoms with Gasteiger partial charge in [0.1, 0.15) is 0 Å². The van der Waals surface area contributed by atoms with E-state index in [1.165, 1.54) is 27.9 Å². The van der Waals surface area contributed by atoms with Gasteiger partial charge in [-0.25, -0.2) is 17.9 Å². The molecule has 38 heavy (non-hydrogen) atoms. The highest BCUT2D eigenvalue weighted by atomic mass is 32.2. The number of carbonyl (C=O) groups excluding carboxylic acids is 1. The second-order valence-electron chi connectivity index (χ2n) is 9.85. The highest BCUT2D eigenvalue weighted by Gasteiger charge is 2.34. The first kappa shape index (κ1) is 27.2. The SMILES string of the molecule is CC1CCC(C(=O)N(c2nn(-c3ccc(NS(=O)(=O)c4ccccc4)cc3)cc2OC(=O)O)C(C)C)CC1. The minimum absolute atomic E-state index is 0.0578. The maximum Gasteiger partial charge on any atom is 0.511 e. The molecule has 11 heteroatoms. The van der Waals surface area contributed by atoms with Crippen molar-refractivity contribution in [2.75, 3.05) is 9.62 Å². The van der Waals surface area contributed by atoms with E-state index in [0.29, 0.717) is 17.3 Å². The Bertz CT molecular complexity index is 1380. The van der Waals surface area contributed by atoms with E-state index in [4.69, 9.17) is 4.74 Å². The number of aromatic nitrogens is 2. The van der Waals surface area contributed by atoms with E-state index < -0.39 is 16.2 Å². The van der Waals surface area contributed by atoms with Gasteiger partial charge in [0, 0.05) is 17.6 Å². The third-order valence-corrected chi connectivity index (χ3v) is 8.04. The summed E-state index contributed by atoms with van der Waals surface area (Å²) in [6.45, 7) is 5.88. The Morgan fingerprint density at radius 1 is 1.05 bits per heavy atom. The van der Waals surface area contributed by atoms with Crippen LogP contribution in [0.3, 0.4) is 0 Å². The van der Waals surface area contributed by atoms with Gasteiger partial charge < -0.3 is 9.84 Å². The second kappa shape index (κ2) is 11.3. The fourth-order valence-electron chi connectivity index (χ4n) is 4.62. The minimum atomic E-state index is -3.75. The molecule has 1 amide bonds. The maximum atomic E-state index is 13.5. The molecule has 0 saturated heterocycles. The first-order valence-corrected chi connectivity index (χ1v) is 14.1. The van der Waals surface area contributed by atoms with E-state index in [2.05, 4.69) is 16.7 Å². The second-order valence-corrected chi connectivity index (χ2v) is 11.5. The average Bonchev–Trinajstić information content (AvgIpc) is 3.27. The summed E-state index contributed by atoms with van der Waals surface area (Å²) in [6.07, 6.45) is 3.38. The lowest BCUT2D eigenvalue weighted by molar-refractivity contribution is -0.124. The molecule has 1 fully saturated rings. The van der Waals surface area contributed by atoms with Gasteiger partial charge >= 0.3 is 6.16 Å². The largest absolute Gasteiger partial charge is 0.511 e. The van der Waals surface area contributed by atoms with Gasteiger partial charge in [-0.2, -0.15) is 0 Å². The Morgan fingerprint density at radius 3 is 2.26 bits per heavy atom. The number of nitrogens with zero attached hydrogens (tertiary/aromatic N) is 3. The number of benzene rings is 2. The third kappa shape index (κ3) is 6.16. The Kier molecular flexibility index (Phi) is 8.05. The Balaban J connectivity index is 1.62. The van der Waals surface area contributed by atoms with Crippen molar-refractivity contribution in [2.24, 2.45) is 11.8 Å². The molecule has 2 aromatic carbocycles. The number of hydrogen-bond donors (Lipinski definition) is 2. The smallest absolute Gasteiger partial charge is 0.449 e. The van der Waals surface area contributed by atoms with E-state index in [1.54, 1.807) is 42.5 Å². The number of sulfonamides is 1. The highest BCUT2D eigenvalue weighted by molar-refractivity contribution is 7.92. The van der Waals surface area contributed by atoms with Crippen molar-refractivity contribution in [1.82, 2.24) is 9.78 Å². The Hall–Kier alpha value is -3.86. The summed E-state index contributed by atoms with van der Waals surface area (Å²) in [4.78, 5) is 26.6. The Labute approximate surface area is 222 Å².